The quantitative estimate of drug-likeness (QED) is 0.685. The van der Waals surface area contributed by atoms with Crippen LogP contribution in [0.25, 0.3) is 0 Å². The number of carbonyl (C=O) groups is 1. The van der Waals surface area contributed by atoms with Gasteiger partial charge in [-0.3, -0.25) is 0 Å². The molecule has 66 valence electrons. The molecule has 0 bridgehead atoms. The fourth-order valence-corrected chi connectivity index (χ4v) is 1.36. The first kappa shape index (κ1) is 7.86. The number of fused-ring (bicyclic) bond motifs is 1. The summed E-state index contributed by atoms with van der Waals surface area (Å²) >= 11 is 0. The Kier molecular flexibility index (Phi) is 1.77. The van der Waals surface area contributed by atoms with Crippen LogP contribution in [0.1, 0.15) is 15.9 Å². The Morgan fingerprint density at radius 1 is 1.46 bits per heavy atom. The van der Waals surface area contributed by atoms with Crippen molar-refractivity contribution in [3.8, 4) is 0 Å². The van der Waals surface area contributed by atoms with Gasteiger partial charge >= 0.3 is 5.97 Å². The summed E-state index contributed by atoms with van der Waals surface area (Å²) in [6.07, 6.45) is 4.69. The molecule has 3 heteroatoms. The zero-order valence-corrected chi connectivity index (χ0v) is 6.95. The van der Waals surface area contributed by atoms with Crippen LogP contribution in [0, 0.1) is 0 Å². The molecule has 1 heterocycles. The van der Waals surface area contributed by atoms with Gasteiger partial charge in [0.15, 0.2) is 0 Å². The first-order valence-corrected chi connectivity index (χ1v) is 4.05. The number of rotatable bonds is 1. The molecule has 2 N–H and O–H groups in total. The van der Waals surface area contributed by atoms with Crippen LogP contribution in [0.15, 0.2) is 30.5 Å². The highest BCUT2D eigenvalue weighted by Crippen LogP contribution is 2.21. The molecular formula is C10H9NO2. The molecular weight excluding hydrogens is 166 g/mol. The monoisotopic (exact) mass is 175 g/mol. The van der Waals surface area contributed by atoms with Gasteiger partial charge in [0.05, 0.1) is 5.56 Å². The van der Waals surface area contributed by atoms with Crippen LogP contribution in [0.3, 0.4) is 0 Å². The van der Waals surface area contributed by atoms with Crippen molar-refractivity contribution in [2.24, 2.45) is 0 Å². The summed E-state index contributed by atoms with van der Waals surface area (Å²) in [4.78, 5) is 10.6. The predicted molar refractivity (Wildman–Crippen MR) is 49.9 cm³/mol. The molecule has 0 saturated carbocycles. The predicted octanol–water partition coefficient (Wildman–Crippen LogP) is 1.87. The van der Waals surface area contributed by atoms with Crippen LogP contribution >= 0.6 is 0 Å². The molecule has 0 aromatic heterocycles. The highest BCUT2D eigenvalue weighted by atomic mass is 16.4. The molecule has 1 aromatic rings. The van der Waals surface area contributed by atoms with Crippen molar-refractivity contribution in [3.05, 3.63) is 41.6 Å². The largest absolute Gasteiger partial charge is 0.478 e. The maximum atomic E-state index is 10.6. The highest BCUT2D eigenvalue weighted by Gasteiger charge is 2.08. The molecule has 0 unspecified atom stereocenters. The minimum absolute atomic E-state index is 0.321. The maximum absolute atomic E-state index is 10.6. The molecule has 1 aliphatic rings. The van der Waals surface area contributed by atoms with Gasteiger partial charge < -0.3 is 10.4 Å². The van der Waals surface area contributed by atoms with Crippen LogP contribution in [0.2, 0.25) is 0 Å². The number of anilines is 1. The number of hydrogen-bond donors (Lipinski definition) is 2. The fourth-order valence-electron chi connectivity index (χ4n) is 1.36. The Balaban J connectivity index is 2.44. The minimum Gasteiger partial charge on any atom is -0.478 e. The summed E-state index contributed by atoms with van der Waals surface area (Å²) in [5, 5.41) is 11.8. The number of benzene rings is 1. The molecule has 0 aliphatic carbocycles. The van der Waals surface area contributed by atoms with Crippen molar-refractivity contribution in [2.45, 2.75) is 6.42 Å². The van der Waals surface area contributed by atoms with Gasteiger partial charge in [-0.15, -0.1) is 0 Å². The van der Waals surface area contributed by atoms with E-state index >= 15 is 0 Å². The molecule has 0 amide bonds. The molecule has 0 atom stereocenters. The normalized spacial score (nSPS) is 13.2. The van der Waals surface area contributed by atoms with E-state index in [1.165, 1.54) is 0 Å². The van der Waals surface area contributed by atoms with Crippen LogP contribution < -0.4 is 5.32 Å². The Morgan fingerprint density at radius 2 is 2.31 bits per heavy atom. The van der Waals surface area contributed by atoms with Crippen molar-refractivity contribution in [3.63, 3.8) is 0 Å². The van der Waals surface area contributed by atoms with E-state index in [2.05, 4.69) is 5.32 Å². The number of carboxylic acid groups (broad SMARTS) is 1. The molecule has 3 nitrogen and oxygen atoms in total. The fraction of sp³-hybridized carbons (Fsp3) is 0.100. The van der Waals surface area contributed by atoms with Crippen molar-refractivity contribution >= 4 is 11.7 Å². The van der Waals surface area contributed by atoms with Gasteiger partial charge in [0, 0.05) is 5.69 Å². The standard InChI is InChI=1S/C10H9NO2/c12-10(13)8-4-3-7-2-1-5-11-9(7)6-8/h1,3-6,11H,2H2,(H,12,13). The van der Waals surface area contributed by atoms with Gasteiger partial charge in [-0.25, -0.2) is 4.79 Å². The van der Waals surface area contributed by atoms with Crippen LogP contribution in [-0.2, 0) is 6.42 Å². The number of hydrogen-bond acceptors (Lipinski definition) is 2. The van der Waals surface area contributed by atoms with Crippen molar-refractivity contribution in [1.29, 1.82) is 0 Å². The topological polar surface area (TPSA) is 49.3 Å². The zero-order valence-electron chi connectivity index (χ0n) is 6.95. The molecule has 13 heavy (non-hydrogen) atoms. The van der Waals surface area contributed by atoms with Gasteiger partial charge in [0.2, 0.25) is 0 Å². The number of carboxylic acids is 1. The summed E-state index contributed by atoms with van der Waals surface area (Å²) in [6.45, 7) is 0. The first-order valence-electron chi connectivity index (χ1n) is 4.05. The van der Waals surface area contributed by atoms with E-state index in [1.807, 2.05) is 18.3 Å². The zero-order chi connectivity index (χ0) is 9.26. The summed E-state index contributed by atoms with van der Waals surface area (Å²) in [6, 6.07) is 5.12. The van der Waals surface area contributed by atoms with E-state index in [-0.39, 0.29) is 0 Å². The number of nitrogens with one attached hydrogen (secondary N) is 1. The van der Waals surface area contributed by atoms with E-state index in [0.29, 0.717) is 5.56 Å². The van der Waals surface area contributed by atoms with E-state index in [0.717, 1.165) is 17.7 Å². The summed E-state index contributed by atoms with van der Waals surface area (Å²) in [7, 11) is 0. The van der Waals surface area contributed by atoms with Gasteiger partial charge in [-0.05, 0) is 30.3 Å². The molecule has 0 fully saturated rings. The van der Waals surface area contributed by atoms with Crippen LogP contribution in [-0.4, -0.2) is 11.1 Å². The van der Waals surface area contributed by atoms with Gasteiger partial charge in [-0.2, -0.15) is 0 Å². The van der Waals surface area contributed by atoms with Crippen molar-refractivity contribution in [2.75, 3.05) is 5.32 Å². The third-order valence-corrected chi connectivity index (χ3v) is 2.05. The van der Waals surface area contributed by atoms with E-state index in [1.54, 1.807) is 12.1 Å². The average molecular weight is 175 g/mol. The Morgan fingerprint density at radius 3 is 3.08 bits per heavy atom. The van der Waals surface area contributed by atoms with E-state index in [4.69, 9.17) is 5.11 Å². The molecule has 0 spiro atoms. The summed E-state index contributed by atoms with van der Waals surface area (Å²) in [5.74, 6) is -0.890. The maximum Gasteiger partial charge on any atom is 0.335 e. The van der Waals surface area contributed by atoms with Crippen molar-refractivity contribution < 1.29 is 9.90 Å². The highest BCUT2D eigenvalue weighted by molar-refractivity contribution is 5.89. The van der Waals surface area contributed by atoms with Crippen LogP contribution in [0.4, 0.5) is 5.69 Å². The van der Waals surface area contributed by atoms with Crippen molar-refractivity contribution in [1.82, 2.24) is 0 Å². The lowest BCUT2D eigenvalue weighted by Gasteiger charge is -2.12. The van der Waals surface area contributed by atoms with Gasteiger partial charge in [0.25, 0.3) is 0 Å². The minimum atomic E-state index is -0.890. The Hall–Kier alpha value is -1.77. The third-order valence-electron chi connectivity index (χ3n) is 2.05. The molecule has 0 saturated heterocycles. The second kappa shape index (κ2) is 2.94. The van der Waals surface area contributed by atoms with Crippen LogP contribution in [0.5, 0.6) is 0 Å². The molecule has 1 aromatic carbocycles. The van der Waals surface area contributed by atoms with E-state index < -0.39 is 5.97 Å². The third kappa shape index (κ3) is 1.40. The molecule has 0 radical (unpaired) electrons. The Bertz CT molecular complexity index is 383. The number of aromatic carboxylic acids is 1. The second-order valence-electron chi connectivity index (χ2n) is 2.93. The molecule has 2 rings (SSSR count). The first-order chi connectivity index (χ1) is 6.27. The lowest BCUT2D eigenvalue weighted by atomic mass is 10.0. The SMILES string of the molecule is O=C(O)c1ccc2c(c1)NC=CC2. The molecule has 1 aliphatic heterocycles. The number of allylic oxidation sites excluding steroid dienone is 1. The smallest absolute Gasteiger partial charge is 0.335 e. The second-order valence-corrected chi connectivity index (χ2v) is 2.93. The average Bonchev–Trinajstić information content (AvgIpc) is 2.17. The summed E-state index contributed by atoms with van der Waals surface area (Å²) in [5.41, 5.74) is 2.34. The lowest BCUT2D eigenvalue weighted by Crippen LogP contribution is -2.03. The van der Waals surface area contributed by atoms with E-state index in [9.17, 15) is 4.79 Å². The lowest BCUT2D eigenvalue weighted by molar-refractivity contribution is 0.0697. The Labute approximate surface area is 75.7 Å². The van der Waals surface area contributed by atoms with Gasteiger partial charge in [-0.1, -0.05) is 12.1 Å². The summed E-state index contributed by atoms with van der Waals surface area (Å²) < 4.78 is 0. The van der Waals surface area contributed by atoms with Gasteiger partial charge in [0.1, 0.15) is 0 Å².